The van der Waals surface area contributed by atoms with Crippen molar-refractivity contribution in [3.63, 3.8) is 0 Å². The first-order valence-electron chi connectivity index (χ1n) is 6.54. The molecule has 0 heterocycles. The van der Waals surface area contributed by atoms with Gasteiger partial charge in [0.1, 0.15) is 5.78 Å². The second kappa shape index (κ2) is 3.61. The maximum atomic E-state index is 12.6. The van der Waals surface area contributed by atoms with Crippen molar-refractivity contribution in [1.29, 1.82) is 0 Å². The Bertz CT molecular complexity index is 263. The lowest BCUT2D eigenvalue weighted by atomic mass is 9.54. The number of ketones is 1. The lowest BCUT2D eigenvalue weighted by molar-refractivity contribution is -0.148. The minimum atomic E-state index is -0.0517. The fourth-order valence-corrected chi connectivity index (χ4v) is 3.87. The number of carbonyl (C=O) groups excluding carboxylic acids is 1. The van der Waals surface area contributed by atoms with E-state index < -0.39 is 0 Å². The van der Waals surface area contributed by atoms with Crippen molar-refractivity contribution in [3.8, 4) is 0 Å². The Morgan fingerprint density at radius 2 is 1.73 bits per heavy atom. The van der Waals surface area contributed by atoms with Gasteiger partial charge < -0.3 is 0 Å². The average Bonchev–Trinajstić information content (AvgIpc) is 2.18. The Kier molecular flexibility index (Phi) is 2.68. The molecule has 0 aliphatic heterocycles. The molecule has 0 radical (unpaired) electrons. The second-order valence-corrected chi connectivity index (χ2v) is 6.37. The van der Waals surface area contributed by atoms with Crippen molar-refractivity contribution >= 4 is 5.78 Å². The lowest BCUT2D eigenvalue weighted by Gasteiger charge is -2.49. The molecule has 0 bridgehead atoms. The highest BCUT2D eigenvalue weighted by molar-refractivity contribution is 5.90. The number of hydrogen-bond donors (Lipinski definition) is 0. The molecular weight excluding hydrogens is 184 g/mol. The van der Waals surface area contributed by atoms with Crippen LogP contribution in [-0.2, 0) is 4.79 Å². The summed E-state index contributed by atoms with van der Waals surface area (Å²) < 4.78 is 0. The summed E-state index contributed by atoms with van der Waals surface area (Å²) in [5, 5.41) is 0. The van der Waals surface area contributed by atoms with Crippen molar-refractivity contribution < 1.29 is 4.79 Å². The first-order chi connectivity index (χ1) is 6.99. The zero-order valence-electron chi connectivity index (χ0n) is 10.4. The third-order valence-electron chi connectivity index (χ3n) is 4.94. The van der Waals surface area contributed by atoms with Crippen molar-refractivity contribution in [3.05, 3.63) is 0 Å². The normalized spacial score (nSPS) is 40.7. The van der Waals surface area contributed by atoms with E-state index >= 15 is 0 Å². The van der Waals surface area contributed by atoms with Gasteiger partial charge in [0, 0.05) is 10.8 Å². The molecule has 2 atom stereocenters. The Balaban J connectivity index is 2.29. The van der Waals surface area contributed by atoms with Crippen LogP contribution in [0.1, 0.15) is 65.7 Å². The molecule has 2 unspecified atom stereocenters. The van der Waals surface area contributed by atoms with Crippen LogP contribution in [0.4, 0.5) is 0 Å². The summed E-state index contributed by atoms with van der Waals surface area (Å²) in [6, 6.07) is 0. The van der Waals surface area contributed by atoms with Gasteiger partial charge in [-0.25, -0.2) is 0 Å². The number of rotatable bonds is 0. The molecule has 1 heteroatoms. The van der Waals surface area contributed by atoms with Gasteiger partial charge in [-0.1, -0.05) is 40.0 Å². The second-order valence-electron chi connectivity index (χ2n) is 6.37. The van der Waals surface area contributed by atoms with Gasteiger partial charge in [-0.3, -0.25) is 4.79 Å². The van der Waals surface area contributed by atoms with Gasteiger partial charge in [-0.2, -0.15) is 0 Å². The van der Waals surface area contributed by atoms with Crippen LogP contribution < -0.4 is 0 Å². The molecule has 0 aromatic carbocycles. The summed E-state index contributed by atoms with van der Waals surface area (Å²) in [5.74, 6) is 1.20. The lowest BCUT2D eigenvalue weighted by Crippen LogP contribution is -2.49. The van der Waals surface area contributed by atoms with E-state index in [0.717, 1.165) is 19.3 Å². The fourth-order valence-electron chi connectivity index (χ4n) is 3.87. The highest BCUT2D eigenvalue weighted by atomic mass is 16.1. The van der Waals surface area contributed by atoms with Crippen molar-refractivity contribution in [2.75, 3.05) is 0 Å². The average molecular weight is 208 g/mol. The quantitative estimate of drug-likeness (QED) is 0.589. The molecule has 2 aliphatic carbocycles. The molecule has 2 saturated carbocycles. The van der Waals surface area contributed by atoms with Gasteiger partial charge >= 0.3 is 0 Å². The number of hydrogen-bond acceptors (Lipinski definition) is 1. The molecular formula is C14H24O. The van der Waals surface area contributed by atoms with Crippen LogP contribution in [0.3, 0.4) is 0 Å². The van der Waals surface area contributed by atoms with Gasteiger partial charge in [-0.05, 0) is 31.6 Å². The maximum absolute atomic E-state index is 12.6. The number of carbonyl (C=O) groups is 1. The van der Waals surface area contributed by atoms with E-state index in [-0.39, 0.29) is 10.8 Å². The maximum Gasteiger partial charge on any atom is 0.144 e. The van der Waals surface area contributed by atoms with Crippen LogP contribution in [0.15, 0.2) is 0 Å². The van der Waals surface area contributed by atoms with Crippen LogP contribution in [0.5, 0.6) is 0 Å². The Morgan fingerprint density at radius 3 is 2.40 bits per heavy atom. The molecule has 0 amide bonds. The summed E-state index contributed by atoms with van der Waals surface area (Å²) in [7, 11) is 0. The molecule has 0 aromatic heterocycles. The van der Waals surface area contributed by atoms with Crippen LogP contribution in [0.25, 0.3) is 0 Å². The summed E-state index contributed by atoms with van der Waals surface area (Å²) in [6.07, 6.45) is 8.54. The summed E-state index contributed by atoms with van der Waals surface area (Å²) in [5.41, 5.74) is 0.0177. The first kappa shape index (κ1) is 11.2. The van der Waals surface area contributed by atoms with E-state index in [2.05, 4.69) is 20.8 Å². The van der Waals surface area contributed by atoms with Crippen molar-refractivity contribution in [2.24, 2.45) is 16.7 Å². The molecule has 2 aliphatic rings. The zero-order valence-corrected chi connectivity index (χ0v) is 10.4. The Morgan fingerprint density at radius 1 is 1.07 bits per heavy atom. The monoisotopic (exact) mass is 208 g/mol. The topological polar surface area (TPSA) is 17.1 Å². The summed E-state index contributed by atoms with van der Waals surface area (Å²) >= 11 is 0. The van der Waals surface area contributed by atoms with Crippen LogP contribution in [-0.4, -0.2) is 5.78 Å². The van der Waals surface area contributed by atoms with E-state index in [9.17, 15) is 4.79 Å². The van der Waals surface area contributed by atoms with Gasteiger partial charge in [0.05, 0.1) is 0 Å². The fraction of sp³-hybridized carbons (Fsp3) is 0.929. The highest BCUT2D eigenvalue weighted by Gasteiger charge is 2.51. The van der Waals surface area contributed by atoms with E-state index in [1.807, 2.05) is 0 Å². The van der Waals surface area contributed by atoms with E-state index in [1.165, 1.54) is 25.7 Å². The third-order valence-corrected chi connectivity index (χ3v) is 4.94. The first-order valence-corrected chi connectivity index (χ1v) is 6.54. The Labute approximate surface area is 93.6 Å². The summed E-state index contributed by atoms with van der Waals surface area (Å²) in [6.45, 7) is 6.60. The third kappa shape index (κ3) is 1.64. The minimum absolute atomic E-state index is 0.0517. The molecule has 1 nitrogen and oxygen atoms in total. The molecule has 2 fully saturated rings. The minimum Gasteiger partial charge on any atom is -0.298 e. The van der Waals surface area contributed by atoms with E-state index in [1.54, 1.807) is 0 Å². The molecule has 0 aromatic rings. The van der Waals surface area contributed by atoms with Crippen LogP contribution >= 0.6 is 0 Å². The van der Waals surface area contributed by atoms with Crippen molar-refractivity contribution in [2.45, 2.75) is 65.7 Å². The molecule has 86 valence electrons. The Hall–Kier alpha value is -0.330. The largest absolute Gasteiger partial charge is 0.298 e. The van der Waals surface area contributed by atoms with Gasteiger partial charge in [0.2, 0.25) is 0 Å². The number of Topliss-reactive ketones (excluding diaryl/α,β-unsaturated/α-hetero) is 1. The zero-order chi connectivity index (χ0) is 11.1. The van der Waals surface area contributed by atoms with E-state index in [4.69, 9.17) is 0 Å². The predicted octanol–water partition coefficient (Wildman–Crippen LogP) is 3.96. The van der Waals surface area contributed by atoms with Crippen molar-refractivity contribution in [1.82, 2.24) is 0 Å². The van der Waals surface area contributed by atoms with Crippen LogP contribution in [0.2, 0.25) is 0 Å². The SMILES string of the molecule is CC1CCCCC12CCCC(C)(C)C2=O. The van der Waals surface area contributed by atoms with Gasteiger partial charge in [0.15, 0.2) is 0 Å². The van der Waals surface area contributed by atoms with Gasteiger partial charge in [0.25, 0.3) is 0 Å². The predicted molar refractivity (Wildman–Crippen MR) is 62.7 cm³/mol. The van der Waals surface area contributed by atoms with E-state index in [0.29, 0.717) is 11.7 Å². The molecule has 0 N–H and O–H groups in total. The molecule has 15 heavy (non-hydrogen) atoms. The highest BCUT2D eigenvalue weighted by Crippen LogP contribution is 2.53. The van der Waals surface area contributed by atoms with Crippen LogP contribution in [0, 0.1) is 16.7 Å². The summed E-state index contributed by atoms with van der Waals surface area (Å²) in [4.78, 5) is 12.6. The molecule has 1 spiro atoms. The molecule has 2 rings (SSSR count). The molecule has 0 saturated heterocycles. The smallest absolute Gasteiger partial charge is 0.144 e. The van der Waals surface area contributed by atoms with Gasteiger partial charge in [-0.15, -0.1) is 0 Å². The standard InChI is InChI=1S/C14H24O/c1-11-7-4-5-9-14(11)10-6-8-13(2,3)12(14)15/h11H,4-10H2,1-3H3.